The molecule has 0 fully saturated rings. The smallest absolute Gasteiger partial charge is 0.196 e. The van der Waals surface area contributed by atoms with Gasteiger partial charge in [-0.2, -0.15) is 0 Å². The van der Waals surface area contributed by atoms with Gasteiger partial charge < -0.3 is 15.4 Å². The molecule has 5 nitrogen and oxygen atoms in total. The normalized spacial score (nSPS) is 18.4. The maximum Gasteiger partial charge on any atom is 0.196 e. The van der Waals surface area contributed by atoms with Crippen molar-refractivity contribution >= 4 is 38.9 Å². The second kappa shape index (κ2) is 11.5. The van der Waals surface area contributed by atoms with Crippen LogP contribution in [-0.4, -0.2) is 17.9 Å². The van der Waals surface area contributed by atoms with Crippen LogP contribution in [0.3, 0.4) is 0 Å². The Morgan fingerprint density at radius 1 is 0.638 bits per heavy atom. The monoisotopic (exact) mass is 608 g/mol. The fourth-order valence-corrected chi connectivity index (χ4v) is 6.74. The van der Waals surface area contributed by atoms with E-state index in [0.717, 1.165) is 68.3 Å². The molecule has 0 spiro atoms. The Morgan fingerprint density at radius 3 is 2.15 bits per heavy atom. The van der Waals surface area contributed by atoms with Gasteiger partial charge in [-0.3, -0.25) is 0 Å². The third-order valence-electron chi connectivity index (χ3n) is 9.19. The number of amidine groups is 2. The summed E-state index contributed by atoms with van der Waals surface area (Å²) in [4.78, 5) is 10.3. The van der Waals surface area contributed by atoms with Crippen molar-refractivity contribution < 1.29 is 4.74 Å². The van der Waals surface area contributed by atoms with Gasteiger partial charge >= 0.3 is 0 Å². The van der Waals surface area contributed by atoms with E-state index < -0.39 is 0 Å². The van der Waals surface area contributed by atoms with Crippen molar-refractivity contribution in [3.63, 3.8) is 0 Å². The topological polar surface area (TPSA) is 58.0 Å². The van der Waals surface area contributed by atoms with Gasteiger partial charge in [-0.15, -0.1) is 0 Å². The van der Waals surface area contributed by atoms with Gasteiger partial charge in [-0.25, -0.2) is 9.98 Å². The number of aliphatic imine (C=N–C) groups is 2. The van der Waals surface area contributed by atoms with Gasteiger partial charge in [0.1, 0.15) is 12.0 Å². The largest absolute Gasteiger partial charge is 0.464 e. The molecule has 2 heterocycles. The van der Waals surface area contributed by atoms with E-state index in [4.69, 9.17) is 14.7 Å². The summed E-state index contributed by atoms with van der Waals surface area (Å²) in [7, 11) is 0. The minimum Gasteiger partial charge on any atom is -0.464 e. The van der Waals surface area contributed by atoms with Gasteiger partial charge in [-0.1, -0.05) is 133 Å². The second-order valence-corrected chi connectivity index (χ2v) is 12.2. The molecule has 0 saturated carbocycles. The maximum atomic E-state index is 6.65. The van der Waals surface area contributed by atoms with E-state index in [1.165, 1.54) is 16.7 Å². The predicted octanol–water partition coefficient (Wildman–Crippen LogP) is 9.56. The number of hydrogen-bond acceptors (Lipinski definition) is 5. The number of ether oxygens (including phenoxy) is 1. The zero-order chi connectivity index (χ0) is 31.2. The summed E-state index contributed by atoms with van der Waals surface area (Å²) in [6.45, 7) is 0. The van der Waals surface area contributed by atoms with Gasteiger partial charge in [0, 0.05) is 22.1 Å². The molecule has 0 bridgehead atoms. The van der Waals surface area contributed by atoms with Crippen LogP contribution in [0.25, 0.3) is 32.7 Å². The molecule has 2 unspecified atom stereocenters. The Morgan fingerprint density at radius 2 is 1.34 bits per heavy atom. The average Bonchev–Trinajstić information content (AvgIpc) is 3.60. The van der Waals surface area contributed by atoms with E-state index in [9.17, 15) is 0 Å². The van der Waals surface area contributed by atoms with Gasteiger partial charge in [0.2, 0.25) is 0 Å². The highest BCUT2D eigenvalue weighted by Gasteiger charge is 2.28. The van der Waals surface area contributed by atoms with Crippen molar-refractivity contribution in [2.45, 2.75) is 25.2 Å². The molecule has 3 aliphatic rings. The Bertz CT molecular complexity index is 2270. The summed E-state index contributed by atoms with van der Waals surface area (Å²) in [6, 6.07) is 44.5. The molecular weight excluding hydrogens is 576 g/mol. The molecule has 5 heteroatoms. The summed E-state index contributed by atoms with van der Waals surface area (Å²) in [5, 5.41) is 11.7. The zero-order valence-electron chi connectivity index (χ0n) is 25.7. The Hall–Kier alpha value is -5.94. The average molecular weight is 609 g/mol. The van der Waals surface area contributed by atoms with E-state index >= 15 is 0 Å². The molecule has 1 aliphatic carbocycles. The van der Waals surface area contributed by atoms with Crippen molar-refractivity contribution in [3.05, 3.63) is 168 Å². The zero-order valence-corrected chi connectivity index (χ0v) is 25.7. The molecule has 2 atom stereocenters. The number of hydrogen-bond donors (Lipinski definition) is 2. The van der Waals surface area contributed by atoms with Crippen LogP contribution in [0, 0.1) is 0 Å². The maximum absolute atomic E-state index is 6.65. The molecule has 9 rings (SSSR count). The van der Waals surface area contributed by atoms with E-state index in [1.54, 1.807) is 0 Å². The quantitative estimate of drug-likeness (QED) is 0.192. The van der Waals surface area contributed by atoms with E-state index in [2.05, 4.69) is 144 Å². The van der Waals surface area contributed by atoms with E-state index in [-0.39, 0.29) is 12.4 Å². The van der Waals surface area contributed by atoms with Crippen molar-refractivity contribution in [2.75, 3.05) is 5.32 Å². The molecule has 6 aromatic carbocycles. The van der Waals surface area contributed by atoms with Crippen molar-refractivity contribution in [2.24, 2.45) is 9.98 Å². The lowest BCUT2D eigenvalue weighted by molar-refractivity contribution is 0.296. The van der Waals surface area contributed by atoms with Crippen LogP contribution in [0.1, 0.15) is 35.7 Å². The van der Waals surface area contributed by atoms with Crippen molar-refractivity contribution in [1.82, 2.24) is 5.32 Å². The second-order valence-electron chi connectivity index (χ2n) is 12.2. The summed E-state index contributed by atoms with van der Waals surface area (Å²) < 4.78 is 6.65. The number of nitrogens with zero attached hydrogens (tertiary/aromatic N) is 2. The minimum absolute atomic E-state index is 0.188. The van der Waals surface area contributed by atoms with Crippen LogP contribution in [-0.2, 0) is 0 Å². The molecule has 0 aromatic heterocycles. The number of nitrogens with one attached hydrogen (secondary N) is 2. The third kappa shape index (κ3) is 5.06. The summed E-state index contributed by atoms with van der Waals surface area (Å²) in [5.41, 5.74) is 7.61. The highest BCUT2D eigenvalue weighted by Crippen LogP contribution is 2.44. The molecule has 0 radical (unpaired) electrons. The lowest BCUT2D eigenvalue weighted by atomic mass is 9.98. The van der Waals surface area contributed by atoms with Gasteiger partial charge in [0.25, 0.3) is 0 Å². The van der Waals surface area contributed by atoms with E-state index in [0.29, 0.717) is 5.84 Å². The van der Waals surface area contributed by atoms with E-state index in [1.807, 2.05) is 12.1 Å². The first kappa shape index (κ1) is 27.4. The lowest BCUT2D eigenvalue weighted by Crippen LogP contribution is -2.33. The minimum atomic E-state index is -0.273. The first-order valence-corrected chi connectivity index (χ1v) is 16.2. The standard InChI is InChI=1S/C42H32N4O/c1-4-10-27(11-5-1)28-16-21-32(22-17-28)40-44-39(31-12-6-2-7-13-31)45-41(46-40)34-23-19-29-18-20-30-24-25-36-38(37(30)35(29)26-34)47-42(43-36)33-14-8-3-9-15-33/h1-2,4-8,10-26,39,42-43H,3,9H2,(H,44,45,46). The molecule has 6 aromatic rings. The lowest BCUT2D eigenvalue weighted by Gasteiger charge is -2.24. The van der Waals surface area contributed by atoms with Crippen LogP contribution in [0.5, 0.6) is 5.75 Å². The number of allylic oxidation sites excluding steroid dienone is 2. The Kier molecular flexibility index (Phi) is 6.67. The molecule has 47 heavy (non-hydrogen) atoms. The molecule has 2 N–H and O–H groups in total. The van der Waals surface area contributed by atoms with Crippen molar-refractivity contribution in [3.8, 4) is 16.9 Å². The number of anilines is 1. The third-order valence-corrected chi connectivity index (χ3v) is 9.19. The molecule has 0 amide bonds. The molecule has 226 valence electrons. The fourth-order valence-electron chi connectivity index (χ4n) is 6.74. The van der Waals surface area contributed by atoms with Crippen LogP contribution >= 0.6 is 0 Å². The first-order chi connectivity index (χ1) is 23.3. The van der Waals surface area contributed by atoms with Gasteiger partial charge in [-0.05, 0) is 57.8 Å². The summed E-state index contributed by atoms with van der Waals surface area (Å²) >= 11 is 0. The predicted molar refractivity (Wildman–Crippen MR) is 193 cm³/mol. The molecular formula is C42H32N4O. The molecule has 2 aliphatic heterocycles. The number of benzene rings is 6. The fraction of sp³-hybridized carbons (Fsp3) is 0.0952. The number of rotatable bonds is 5. The van der Waals surface area contributed by atoms with Crippen LogP contribution in [0.4, 0.5) is 5.69 Å². The summed E-state index contributed by atoms with van der Waals surface area (Å²) in [6.07, 6.45) is 8.32. The van der Waals surface area contributed by atoms with Crippen LogP contribution in [0.15, 0.2) is 161 Å². The molecule has 0 saturated heterocycles. The SMILES string of the molecule is C1=CC(C2Nc3ccc4ccc5ccc(C6=NC(c7ccccc7)NC(c7ccc(-c8ccccc8)cc7)=N6)cc5c4c3O2)=CCC1. The first-order valence-electron chi connectivity index (χ1n) is 16.2. The Labute approximate surface area is 273 Å². The van der Waals surface area contributed by atoms with Gasteiger partial charge in [0.05, 0.1) is 5.69 Å². The van der Waals surface area contributed by atoms with Crippen LogP contribution < -0.4 is 15.4 Å². The van der Waals surface area contributed by atoms with Gasteiger partial charge in [0.15, 0.2) is 17.8 Å². The Balaban J connectivity index is 1.14. The van der Waals surface area contributed by atoms with Crippen molar-refractivity contribution in [1.29, 1.82) is 0 Å². The highest BCUT2D eigenvalue weighted by atomic mass is 16.5. The van der Waals surface area contributed by atoms with Crippen LogP contribution in [0.2, 0.25) is 0 Å². The summed E-state index contributed by atoms with van der Waals surface area (Å²) in [5.74, 6) is 2.39. The highest BCUT2D eigenvalue weighted by molar-refractivity contribution is 6.17. The number of fused-ring (bicyclic) bond motifs is 5.